The average Bonchev–Trinajstić information content (AvgIpc) is 3.76. The van der Waals surface area contributed by atoms with E-state index in [1.54, 1.807) is 28.9 Å². The second-order valence-electron chi connectivity index (χ2n) is 12.4. The van der Waals surface area contributed by atoms with Crippen LogP contribution in [0.5, 0.6) is 0 Å². The second-order valence-corrected chi connectivity index (χ2v) is 13.4. The molecule has 6 aromatic rings. The van der Waals surface area contributed by atoms with Gasteiger partial charge in [-0.2, -0.15) is 4.68 Å². The number of carbonyl (C=O) groups excluding carboxylic acids is 2. The van der Waals surface area contributed by atoms with Crippen molar-refractivity contribution < 1.29 is 24.2 Å². The zero-order chi connectivity index (χ0) is 34.7. The number of carbonyl (C=O) groups is 2. The van der Waals surface area contributed by atoms with Gasteiger partial charge in [-0.05, 0) is 62.5 Å². The third-order valence-electron chi connectivity index (χ3n) is 9.17. The number of hydrogen-bond acceptors (Lipinski definition) is 9. The molecule has 2 amide bonds. The molecule has 2 aliphatic heterocycles. The van der Waals surface area contributed by atoms with Crippen molar-refractivity contribution in [3.63, 3.8) is 0 Å². The lowest BCUT2D eigenvalue weighted by Crippen LogP contribution is -2.31. The molecule has 1 saturated heterocycles. The highest BCUT2D eigenvalue weighted by molar-refractivity contribution is 7.99. The highest BCUT2D eigenvalue weighted by Gasteiger charge is 2.36. The van der Waals surface area contributed by atoms with E-state index in [-0.39, 0.29) is 37.2 Å². The number of ether oxygens (including phenoxy) is 2. The fourth-order valence-corrected chi connectivity index (χ4v) is 7.41. The monoisotopic (exact) mass is 695 g/mol. The first-order valence-electron chi connectivity index (χ1n) is 16.7. The molecule has 1 fully saturated rings. The molecule has 1 N–H and O–H groups in total. The predicted molar refractivity (Wildman–Crippen MR) is 191 cm³/mol. The molecular weight excluding hydrogens is 663 g/mol. The molecule has 10 nitrogen and oxygen atoms in total. The Morgan fingerprint density at radius 1 is 0.725 bits per heavy atom. The molecule has 3 unspecified atom stereocenters. The van der Waals surface area contributed by atoms with E-state index in [1.165, 1.54) is 16.7 Å². The standard InChI is InChI=1S/C40H33N5O5S/c46-24-26-14-16-28(17-15-26)36-22-32(25-51-40-41-42-43-45(40)31-9-2-1-3-10-31)49-39(50-36)29-20-18-27(19-21-29)33-11-5-4-8-30(33)23-44-37(47)34-12-6-7-13-35(34)38(44)48/h1-21,32,36,39,46H,22-25H2. The van der Waals surface area contributed by atoms with Gasteiger partial charge in [0.25, 0.3) is 11.8 Å². The van der Waals surface area contributed by atoms with Crippen LogP contribution in [0, 0.1) is 0 Å². The fraction of sp³-hybridized carbons (Fsp3) is 0.175. The minimum absolute atomic E-state index is 0.0271. The molecule has 2 aliphatic rings. The van der Waals surface area contributed by atoms with Crippen LogP contribution < -0.4 is 0 Å². The van der Waals surface area contributed by atoms with E-state index >= 15 is 0 Å². The molecule has 0 radical (unpaired) electrons. The van der Waals surface area contributed by atoms with Crippen molar-refractivity contribution in [3.8, 4) is 16.8 Å². The molecule has 254 valence electrons. The molecule has 11 heteroatoms. The van der Waals surface area contributed by atoms with Crippen LogP contribution in [0.25, 0.3) is 16.8 Å². The van der Waals surface area contributed by atoms with Gasteiger partial charge in [-0.25, -0.2) is 0 Å². The van der Waals surface area contributed by atoms with Gasteiger partial charge in [0.1, 0.15) is 0 Å². The normalized spacial score (nSPS) is 18.6. The minimum atomic E-state index is -0.639. The van der Waals surface area contributed by atoms with Gasteiger partial charge in [0.15, 0.2) is 6.29 Å². The molecule has 1 aromatic heterocycles. The van der Waals surface area contributed by atoms with Crippen LogP contribution in [0.4, 0.5) is 0 Å². The number of thioether (sulfide) groups is 1. The molecule has 0 aliphatic carbocycles. The average molecular weight is 696 g/mol. The van der Waals surface area contributed by atoms with E-state index in [0.29, 0.717) is 28.5 Å². The second kappa shape index (κ2) is 14.4. The summed E-state index contributed by atoms with van der Waals surface area (Å²) in [7, 11) is 0. The Hall–Kier alpha value is -5.46. The fourth-order valence-electron chi connectivity index (χ4n) is 6.50. The number of imide groups is 1. The smallest absolute Gasteiger partial charge is 0.261 e. The Labute approximate surface area is 298 Å². The summed E-state index contributed by atoms with van der Waals surface area (Å²) in [5.74, 6) is 0.0380. The van der Waals surface area contributed by atoms with Crippen LogP contribution >= 0.6 is 11.8 Å². The number of aromatic nitrogens is 4. The number of aliphatic hydroxyl groups is 1. The number of benzene rings is 5. The Kier molecular flexibility index (Phi) is 9.25. The summed E-state index contributed by atoms with van der Waals surface area (Å²) >= 11 is 1.53. The van der Waals surface area contributed by atoms with Gasteiger partial charge in [0.2, 0.25) is 5.16 Å². The number of hydrogen-bond donors (Lipinski definition) is 1. The van der Waals surface area contributed by atoms with Crippen LogP contribution in [-0.4, -0.2) is 53.9 Å². The van der Waals surface area contributed by atoms with Crippen molar-refractivity contribution in [2.75, 3.05) is 5.75 Å². The van der Waals surface area contributed by atoms with Gasteiger partial charge in [-0.15, -0.1) is 5.10 Å². The van der Waals surface area contributed by atoms with Crippen LogP contribution in [0.2, 0.25) is 0 Å². The summed E-state index contributed by atoms with van der Waals surface area (Å²) in [4.78, 5) is 27.5. The number of fused-ring (bicyclic) bond motifs is 1. The molecule has 51 heavy (non-hydrogen) atoms. The first kappa shape index (κ1) is 32.7. The zero-order valence-electron chi connectivity index (χ0n) is 27.4. The van der Waals surface area contributed by atoms with Crippen molar-refractivity contribution in [2.45, 2.75) is 43.2 Å². The van der Waals surface area contributed by atoms with Gasteiger partial charge in [0, 0.05) is 17.7 Å². The van der Waals surface area contributed by atoms with Crippen molar-refractivity contribution in [1.82, 2.24) is 25.1 Å². The third kappa shape index (κ3) is 6.72. The number of tetrazole rings is 1. The lowest BCUT2D eigenvalue weighted by atomic mass is 9.97. The molecule has 0 spiro atoms. The van der Waals surface area contributed by atoms with E-state index in [1.807, 2.05) is 103 Å². The molecule has 8 rings (SSSR count). The maximum atomic E-state index is 13.1. The number of rotatable bonds is 10. The first-order chi connectivity index (χ1) is 25.1. The Bertz CT molecular complexity index is 2140. The van der Waals surface area contributed by atoms with E-state index in [4.69, 9.17) is 9.47 Å². The summed E-state index contributed by atoms with van der Waals surface area (Å²) in [6.45, 7) is 0.142. The maximum absolute atomic E-state index is 13.1. The van der Waals surface area contributed by atoms with Crippen LogP contribution in [-0.2, 0) is 22.6 Å². The maximum Gasteiger partial charge on any atom is 0.261 e. The van der Waals surface area contributed by atoms with Crippen molar-refractivity contribution in [1.29, 1.82) is 0 Å². The number of amides is 2. The minimum Gasteiger partial charge on any atom is -0.392 e. The zero-order valence-corrected chi connectivity index (χ0v) is 28.2. The first-order valence-corrected chi connectivity index (χ1v) is 17.6. The summed E-state index contributed by atoms with van der Waals surface area (Å²) in [6, 6.07) is 40.3. The van der Waals surface area contributed by atoms with E-state index in [2.05, 4.69) is 15.5 Å². The van der Waals surface area contributed by atoms with Crippen molar-refractivity contribution >= 4 is 23.6 Å². The topological polar surface area (TPSA) is 120 Å². The molecular formula is C40H33N5O5S. The summed E-state index contributed by atoms with van der Waals surface area (Å²) in [5.41, 5.74) is 7.18. The van der Waals surface area contributed by atoms with Crippen molar-refractivity contribution in [3.05, 3.63) is 161 Å². The highest BCUT2D eigenvalue weighted by Crippen LogP contribution is 2.40. The highest BCUT2D eigenvalue weighted by atomic mass is 32.2. The third-order valence-corrected chi connectivity index (χ3v) is 10.2. The van der Waals surface area contributed by atoms with Crippen LogP contribution in [0.15, 0.2) is 133 Å². The lowest BCUT2D eigenvalue weighted by molar-refractivity contribution is -0.245. The SMILES string of the molecule is O=C1c2ccccc2C(=O)N1Cc1ccccc1-c1ccc(C2OC(CSc3nnnn3-c3ccccc3)CC(c3ccc(CO)cc3)O2)cc1. The van der Waals surface area contributed by atoms with Crippen LogP contribution in [0.3, 0.4) is 0 Å². The van der Waals surface area contributed by atoms with E-state index in [9.17, 15) is 14.7 Å². The van der Waals surface area contributed by atoms with Gasteiger partial charge < -0.3 is 14.6 Å². The summed E-state index contributed by atoms with van der Waals surface area (Å²) < 4.78 is 14.9. The van der Waals surface area contributed by atoms with Crippen molar-refractivity contribution in [2.24, 2.45) is 0 Å². The Morgan fingerprint density at radius 3 is 2.08 bits per heavy atom. The molecule has 3 heterocycles. The molecule has 5 aromatic carbocycles. The van der Waals surface area contributed by atoms with E-state index in [0.717, 1.165) is 39.1 Å². The Morgan fingerprint density at radius 2 is 1.37 bits per heavy atom. The van der Waals surface area contributed by atoms with E-state index < -0.39 is 6.29 Å². The van der Waals surface area contributed by atoms with Gasteiger partial charge in [-0.3, -0.25) is 14.5 Å². The number of para-hydroxylation sites is 1. The molecule has 0 bridgehead atoms. The van der Waals surface area contributed by atoms with Crippen LogP contribution in [0.1, 0.15) is 61.8 Å². The van der Waals surface area contributed by atoms with Gasteiger partial charge in [0.05, 0.1) is 42.2 Å². The summed E-state index contributed by atoms with van der Waals surface area (Å²) in [6.07, 6.45) is -0.442. The Balaban J connectivity index is 1.02. The predicted octanol–water partition coefficient (Wildman–Crippen LogP) is 6.96. The molecule has 0 saturated carbocycles. The quantitative estimate of drug-likeness (QED) is 0.120. The van der Waals surface area contributed by atoms with Gasteiger partial charge >= 0.3 is 0 Å². The largest absolute Gasteiger partial charge is 0.392 e. The number of nitrogens with zero attached hydrogens (tertiary/aromatic N) is 5. The lowest BCUT2D eigenvalue weighted by Gasteiger charge is -2.36. The number of aliphatic hydroxyl groups excluding tert-OH is 1. The summed E-state index contributed by atoms with van der Waals surface area (Å²) in [5, 5.41) is 22.6. The molecule has 3 atom stereocenters. The van der Waals surface area contributed by atoms with Gasteiger partial charge in [-0.1, -0.05) is 115 Å².